The highest BCUT2D eigenvalue weighted by molar-refractivity contribution is 9.10. The summed E-state index contributed by atoms with van der Waals surface area (Å²) in [6, 6.07) is 5.70. The van der Waals surface area contributed by atoms with Crippen molar-refractivity contribution in [3.05, 3.63) is 61.7 Å². The fourth-order valence-electron chi connectivity index (χ4n) is 5.32. The van der Waals surface area contributed by atoms with Gasteiger partial charge < -0.3 is 9.72 Å². The number of benzene rings is 1. The van der Waals surface area contributed by atoms with Crippen molar-refractivity contribution in [2.75, 3.05) is 18.1 Å². The highest BCUT2D eigenvalue weighted by Gasteiger charge is 2.44. The van der Waals surface area contributed by atoms with Gasteiger partial charge in [-0.15, -0.1) is 10.2 Å². The van der Waals surface area contributed by atoms with E-state index in [0.717, 1.165) is 46.4 Å². The number of hydrogen-bond donors (Lipinski definition) is 1. The lowest BCUT2D eigenvalue weighted by atomic mass is 9.99. The van der Waals surface area contributed by atoms with Crippen LogP contribution in [0.2, 0.25) is 0 Å². The van der Waals surface area contributed by atoms with Gasteiger partial charge in [0.2, 0.25) is 5.65 Å². The summed E-state index contributed by atoms with van der Waals surface area (Å²) in [5, 5.41) is 8.55. The Balaban J connectivity index is 1.46. The van der Waals surface area contributed by atoms with E-state index in [4.69, 9.17) is 4.74 Å². The molecular formula is C22H17BrN6O3. The monoisotopic (exact) mass is 492 g/mol. The molecule has 0 aliphatic carbocycles. The average Bonchev–Trinajstić information content (AvgIpc) is 3.47. The van der Waals surface area contributed by atoms with E-state index in [-0.39, 0.29) is 29.1 Å². The molecule has 9 nitrogen and oxygen atoms in total. The lowest BCUT2D eigenvalue weighted by Gasteiger charge is -2.21. The van der Waals surface area contributed by atoms with Gasteiger partial charge in [-0.2, -0.15) is 0 Å². The van der Waals surface area contributed by atoms with Crippen molar-refractivity contribution in [1.29, 1.82) is 0 Å². The largest absolute Gasteiger partial charge is 0.381 e. The van der Waals surface area contributed by atoms with Crippen LogP contribution < -0.4 is 10.5 Å². The number of ether oxygens (including phenoxy) is 1. The molecule has 1 saturated heterocycles. The van der Waals surface area contributed by atoms with Crippen LogP contribution in [0.1, 0.15) is 52.1 Å². The van der Waals surface area contributed by atoms with E-state index in [0.29, 0.717) is 29.9 Å². The van der Waals surface area contributed by atoms with Gasteiger partial charge in [0.15, 0.2) is 0 Å². The Kier molecular flexibility index (Phi) is 3.72. The zero-order valence-corrected chi connectivity index (χ0v) is 18.4. The summed E-state index contributed by atoms with van der Waals surface area (Å²) in [5.41, 5.74) is 3.91. The molecule has 3 aliphatic rings. The first-order valence-electron chi connectivity index (χ1n) is 10.6. The normalized spacial score (nSPS) is 21.9. The molecule has 2 atom stereocenters. The van der Waals surface area contributed by atoms with Crippen molar-refractivity contribution in [2.45, 2.75) is 31.2 Å². The zero-order chi connectivity index (χ0) is 21.6. The van der Waals surface area contributed by atoms with E-state index < -0.39 is 0 Å². The molecule has 7 rings (SSSR count). The summed E-state index contributed by atoms with van der Waals surface area (Å²) in [7, 11) is 0. The Morgan fingerprint density at radius 3 is 2.94 bits per heavy atom. The van der Waals surface area contributed by atoms with E-state index in [1.165, 1.54) is 0 Å². The minimum atomic E-state index is -0.323. The summed E-state index contributed by atoms with van der Waals surface area (Å²) < 4.78 is 8.40. The van der Waals surface area contributed by atoms with Gasteiger partial charge in [-0.25, -0.2) is 4.98 Å². The third-order valence-electron chi connectivity index (χ3n) is 6.74. The number of aromatic nitrogens is 5. The van der Waals surface area contributed by atoms with Crippen molar-refractivity contribution in [1.82, 2.24) is 24.6 Å². The van der Waals surface area contributed by atoms with Gasteiger partial charge in [-0.05, 0) is 58.1 Å². The van der Waals surface area contributed by atoms with Crippen LogP contribution in [0.3, 0.4) is 0 Å². The van der Waals surface area contributed by atoms with Gasteiger partial charge in [0.25, 0.3) is 11.5 Å². The summed E-state index contributed by atoms with van der Waals surface area (Å²) in [6.07, 6.45) is 4.29. The second kappa shape index (κ2) is 6.46. The van der Waals surface area contributed by atoms with E-state index in [1.807, 2.05) is 16.5 Å². The minimum Gasteiger partial charge on any atom is -0.381 e. The Morgan fingerprint density at radius 1 is 1.19 bits per heavy atom. The maximum atomic E-state index is 13.3. The molecule has 1 fully saturated rings. The number of H-pyrrole nitrogens is 1. The molecule has 1 amide bonds. The van der Waals surface area contributed by atoms with Crippen LogP contribution in [-0.2, 0) is 11.2 Å². The summed E-state index contributed by atoms with van der Waals surface area (Å²) in [5.74, 6) is 1.42. The topological polar surface area (TPSA) is 105 Å². The zero-order valence-electron chi connectivity index (χ0n) is 16.8. The van der Waals surface area contributed by atoms with Gasteiger partial charge >= 0.3 is 0 Å². The SMILES string of the molecule is O=C1c2cc3[nH]c(=O)c4nnc(C5CCCOC5)n4c3cc2C2Cc3cc(Br)cnc3N12. The molecule has 3 aliphatic heterocycles. The molecule has 0 bridgehead atoms. The van der Waals surface area contributed by atoms with Crippen LogP contribution in [0.15, 0.2) is 33.7 Å². The smallest absolute Gasteiger partial charge is 0.294 e. The molecule has 1 aromatic carbocycles. The summed E-state index contributed by atoms with van der Waals surface area (Å²) >= 11 is 3.47. The molecule has 1 N–H and O–H groups in total. The molecule has 4 aromatic rings. The highest BCUT2D eigenvalue weighted by Crippen LogP contribution is 2.47. The number of pyridine rings is 1. The van der Waals surface area contributed by atoms with Gasteiger partial charge in [0.1, 0.15) is 11.6 Å². The van der Waals surface area contributed by atoms with Gasteiger partial charge in [0, 0.05) is 35.2 Å². The van der Waals surface area contributed by atoms with E-state index in [2.05, 4.69) is 36.1 Å². The van der Waals surface area contributed by atoms with E-state index >= 15 is 0 Å². The fourth-order valence-corrected chi connectivity index (χ4v) is 5.70. The minimum absolute atomic E-state index is 0.0763. The molecule has 160 valence electrons. The number of nitrogens with one attached hydrogen (secondary N) is 1. The van der Waals surface area contributed by atoms with Gasteiger partial charge in [-0.1, -0.05) is 0 Å². The molecule has 0 spiro atoms. The predicted octanol–water partition coefficient (Wildman–Crippen LogP) is 2.88. The molecular weight excluding hydrogens is 476 g/mol. The molecule has 6 heterocycles. The predicted molar refractivity (Wildman–Crippen MR) is 119 cm³/mol. The molecule has 2 unspecified atom stereocenters. The maximum absolute atomic E-state index is 13.3. The number of anilines is 1. The van der Waals surface area contributed by atoms with Crippen LogP contribution in [0.5, 0.6) is 0 Å². The lowest BCUT2D eigenvalue weighted by Crippen LogP contribution is -2.24. The Morgan fingerprint density at radius 2 is 2.09 bits per heavy atom. The van der Waals surface area contributed by atoms with Crippen molar-refractivity contribution < 1.29 is 9.53 Å². The van der Waals surface area contributed by atoms with Crippen LogP contribution in [0.4, 0.5) is 5.82 Å². The van der Waals surface area contributed by atoms with Crippen molar-refractivity contribution in [3.63, 3.8) is 0 Å². The molecule has 0 saturated carbocycles. The van der Waals surface area contributed by atoms with Crippen LogP contribution >= 0.6 is 15.9 Å². The van der Waals surface area contributed by atoms with Gasteiger partial charge in [0.05, 0.1) is 23.7 Å². The van der Waals surface area contributed by atoms with Crippen LogP contribution in [-0.4, -0.2) is 43.7 Å². The van der Waals surface area contributed by atoms with Crippen molar-refractivity contribution >= 4 is 44.3 Å². The number of aromatic amines is 1. The standard InChI is InChI=1S/C22H17BrN6O3/c23-12-4-11-5-16-13-7-17-15(6-14(13)22(31)29(16)18(11)24-8-12)25-21(30)20-27-26-19(28(17)20)10-2-1-3-32-9-10/h4,6-8,10,16H,1-3,5,9H2,(H,25,30). The second-order valence-corrected chi connectivity index (χ2v) is 9.49. The van der Waals surface area contributed by atoms with Gasteiger partial charge in [-0.3, -0.25) is 18.9 Å². The van der Waals surface area contributed by atoms with Crippen molar-refractivity contribution in [2.24, 2.45) is 0 Å². The van der Waals surface area contributed by atoms with E-state index in [9.17, 15) is 9.59 Å². The van der Waals surface area contributed by atoms with E-state index in [1.54, 1.807) is 17.2 Å². The lowest BCUT2D eigenvalue weighted by molar-refractivity contribution is 0.0778. The molecule has 32 heavy (non-hydrogen) atoms. The number of fused-ring (bicyclic) bond motifs is 8. The Bertz CT molecular complexity index is 1520. The van der Waals surface area contributed by atoms with Crippen LogP contribution in [0.25, 0.3) is 16.7 Å². The fraction of sp³-hybridized carbons (Fsp3) is 0.318. The molecule has 0 radical (unpaired) electrons. The first-order valence-corrected chi connectivity index (χ1v) is 11.4. The number of carbonyl (C=O) groups is 1. The number of hydrogen-bond acceptors (Lipinski definition) is 6. The average molecular weight is 493 g/mol. The van der Waals surface area contributed by atoms with Crippen molar-refractivity contribution in [3.8, 4) is 0 Å². The molecule has 10 heteroatoms. The maximum Gasteiger partial charge on any atom is 0.294 e. The molecule has 3 aromatic heterocycles. The second-order valence-electron chi connectivity index (χ2n) is 8.57. The Hall–Kier alpha value is -3.11. The number of amides is 1. The highest BCUT2D eigenvalue weighted by atomic mass is 79.9. The third kappa shape index (κ3) is 2.39. The third-order valence-corrected chi connectivity index (χ3v) is 7.18. The first-order chi connectivity index (χ1) is 15.6. The quantitative estimate of drug-likeness (QED) is 0.437. The number of halogens is 1. The summed E-state index contributed by atoms with van der Waals surface area (Å²) in [4.78, 5) is 35.2. The number of rotatable bonds is 1. The Labute approximate surface area is 189 Å². The summed E-state index contributed by atoms with van der Waals surface area (Å²) in [6.45, 7) is 1.30. The number of carbonyl (C=O) groups excluding carboxylic acids is 1. The number of nitrogens with zero attached hydrogens (tertiary/aromatic N) is 5. The first kappa shape index (κ1) is 18.5. The van der Waals surface area contributed by atoms with Crippen LogP contribution in [0, 0.1) is 0 Å².